The molecule has 2 N–H and O–H groups in total. The average Bonchev–Trinajstić information content (AvgIpc) is 2.78. The van der Waals surface area contributed by atoms with Crippen LogP contribution in [0.1, 0.15) is 23.6 Å². The van der Waals surface area contributed by atoms with Gasteiger partial charge in [0.05, 0.1) is 16.3 Å². The van der Waals surface area contributed by atoms with Crippen molar-refractivity contribution < 1.29 is 18.3 Å². The summed E-state index contributed by atoms with van der Waals surface area (Å²) in [6.07, 6.45) is 0. The lowest BCUT2D eigenvalue weighted by molar-refractivity contribution is -0.119. The monoisotopic (exact) mass is 451 g/mol. The second-order valence-electron chi connectivity index (χ2n) is 7.36. The number of hydrogen-bond donors (Lipinski definition) is 2. The van der Waals surface area contributed by atoms with Crippen LogP contribution in [0.3, 0.4) is 0 Å². The summed E-state index contributed by atoms with van der Waals surface area (Å²) in [5.41, 5.74) is 5.27. The van der Waals surface area contributed by atoms with E-state index in [2.05, 4.69) is 10.5 Å². The first kappa shape index (κ1) is 23.0. The normalized spacial score (nSPS) is 11.8. The molecule has 0 bridgehead atoms. The van der Waals surface area contributed by atoms with Gasteiger partial charge >= 0.3 is 0 Å². The number of hydrogen-bond acceptors (Lipinski definition) is 5. The number of nitrogens with zero attached hydrogens (tertiary/aromatic N) is 2. The molecule has 3 aromatic carbocycles. The Bertz CT molecular complexity index is 1260. The molecule has 0 aliphatic rings. The lowest BCUT2D eigenvalue weighted by Crippen LogP contribution is -2.40. The van der Waals surface area contributed by atoms with Crippen molar-refractivity contribution in [2.45, 2.75) is 25.7 Å². The summed E-state index contributed by atoms with van der Waals surface area (Å²) in [6.45, 7) is 4.83. The van der Waals surface area contributed by atoms with Gasteiger partial charge in [0.1, 0.15) is 12.3 Å². The molecule has 0 atom stereocenters. The summed E-state index contributed by atoms with van der Waals surface area (Å²) in [5, 5.41) is 14.0. The zero-order valence-corrected chi connectivity index (χ0v) is 18.9. The van der Waals surface area contributed by atoms with Crippen molar-refractivity contribution in [1.29, 1.82) is 0 Å². The predicted octanol–water partition coefficient (Wildman–Crippen LogP) is 3.74. The van der Waals surface area contributed by atoms with Crippen molar-refractivity contribution in [2.75, 3.05) is 10.8 Å². The van der Waals surface area contributed by atoms with Gasteiger partial charge < -0.3 is 5.11 Å². The van der Waals surface area contributed by atoms with E-state index in [-0.39, 0.29) is 10.6 Å². The topological polar surface area (TPSA) is 99.1 Å². The number of para-hydroxylation sites is 1. The summed E-state index contributed by atoms with van der Waals surface area (Å²) in [7, 11) is -4.00. The number of carbonyl (C=O) groups excluding carboxylic acids is 1. The molecular formula is C24H25N3O4S. The number of aromatic hydroxyl groups is 1. The number of hydrazone groups is 1. The Morgan fingerprint density at radius 3 is 2.34 bits per heavy atom. The smallest absolute Gasteiger partial charge is 0.264 e. The molecule has 0 spiro atoms. The number of carbonyl (C=O) groups is 1. The first-order valence-electron chi connectivity index (χ1n) is 9.96. The summed E-state index contributed by atoms with van der Waals surface area (Å²) >= 11 is 0. The number of anilines is 1. The zero-order valence-electron chi connectivity index (χ0n) is 18.1. The highest BCUT2D eigenvalue weighted by Gasteiger charge is 2.28. The maximum Gasteiger partial charge on any atom is 0.264 e. The molecule has 0 saturated carbocycles. The number of amides is 1. The van der Waals surface area contributed by atoms with E-state index in [1.807, 2.05) is 19.1 Å². The third-order valence-electron chi connectivity index (χ3n) is 4.89. The van der Waals surface area contributed by atoms with E-state index >= 15 is 0 Å². The molecule has 0 heterocycles. The molecule has 0 saturated heterocycles. The lowest BCUT2D eigenvalue weighted by atomic mass is 10.1. The minimum Gasteiger partial charge on any atom is -0.507 e. The highest BCUT2D eigenvalue weighted by atomic mass is 32.2. The van der Waals surface area contributed by atoms with Gasteiger partial charge in [-0.1, -0.05) is 42.5 Å². The fourth-order valence-electron chi connectivity index (χ4n) is 3.16. The van der Waals surface area contributed by atoms with E-state index in [0.29, 0.717) is 17.0 Å². The Balaban J connectivity index is 1.93. The zero-order chi connectivity index (χ0) is 23.3. The Hall–Kier alpha value is -3.65. The molecule has 0 unspecified atom stereocenters. The molecule has 3 rings (SSSR count). The average molecular weight is 452 g/mol. The summed E-state index contributed by atoms with van der Waals surface area (Å²) < 4.78 is 27.9. The highest BCUT2D eigenvalue weighted by molar-refractivity contribution is 7.92. The fraction of sp³-hybridized carbons (Fsp3) is 0.167. The van der Waals surface area contributed by atoms with Gasteiger partial charge in [0, 0.05) is 5.56 Å². The first-order chi connectivity index (χ1) is 15.2. The Morgan fingerprint density at radius 1 is 1.00 bits per heavy atom. The largest absolute Gasteiger partial charge is 0.507 e. The van der Waals surface area contributed by atoms with Crippen LogP contribution in [-0.4, -0.2) is 31.7 Å². The van der Waals surface area contributed by atoms with Gasteiger partial charge in [-0.05, 0) is 62.2 Å². The van der Waals surface area contributed by atoms with Gasteiger partial charge in [-0.15, -0.1) is 0 Å². The maximum absolute atomic E-state index is 13.4. The number of rotatable bonds is 7. The number of benzene rings is 3. The van der Waals surface area contributed by atoms with Crippen molar-refractivity contribution >= 4 is 27.3 Å². The molecule has 0 aromatic heterocycles. The summed E-state index contributed by atoms with van der Waals surface area (Å²) in [5.74, 6) is -0.577. The number of sulfonamides is 1. The minimum atomic E-state index is -4.00. The van der Waals surface area contributed by atoms with Gasteiger partial charge in [-0.2, -0.15) is 5.10 Å². The molecule has 8 heteroatoms. The number of nitrogens with one attached hydrogen (secondary N) is 1. The van der Waals surface area contributed by atoms with E-state index in [1.54, 1.807) is 56.3 Å². The van der Waals surface area contributed by atoms with Crippen LogP contribution in [-0.2, 0) is 14.8 Å². The molecule has 0 fully saturated rings. The van der Waals surface area contributed by atoms with Crippen molar-refractivity contribution in [3.05, 3.63) is 89.5 Å². The Labute approximate surface area is 188 Å². The number of aryl methyl sites for hydroxylation is 2. The minimum absolute atomic E-state index is 0.0340. The lowest BCUT2D eigenvalue weighted by Gasteiger charge is -2.25. The van der Waals surface area contributed by atoms with E-state index in [4.69, 9.17) is 0 Å². The summed E-state index contributed by atoms with van der Waals surface area (Å²) in [4.78, 5) is 12.8. The van der Waals surface area contributed by atoms with Gasteiger partial charge in [0.2, 0.25) is 0 Å². The van der Waals surface area contributed by atoms with Crippen LogP contribution in [0, 0.1) is 13.8 Å². The third-order valence-corrected chi connectivity index (χ3v) is 6.67. The van der Waals surface area contributed by atoms with Crippen molar-refractivity contribution in [1.82, 2.24) is 5.43 Å². The SMILES string of the molecule is CC(=NNC(=O)CN(c1cc(C)ccc1C)S(=O)(=O)c1ccccc1)c1ccccc1O. The van der Waals surface area contributed by atoms with Gasteiger partial charge in [-0.3, -0.25) is 9.10 Å². The van der Waals surface area contributed by atoms with Gasteiger partial charge in [0.15, 0.2) is 0 Å². The number of phenolic OH excluding ortho intramolecular Hbond substituents is 1. The Morgan fingerprint density at radius 2 is 1.66 bits per heavy atom. The quantitative estimate of drug-likeness (QED) is 0.422. The second-order valence-corrected chi connectivity index (χ2v) is 9.23. The maximum atomic E-state index is 13.4. The molecule has 0 aliphatic carbocycles. The van der Waals surface area contributed by atoms with Crippen molar-refractivity contribution in [3.8, 4) is 5.75 Å². The van der Waals surface area contributed by atoms with E-state index < -0.39 is 22.5 Å². The molecule has 3 aromatic rings. The van der Waals surface area contributed by atoms with Crippen LogP contribution in [0.15, 0.2) is 82.8 Å². The second kappa shape index (κ2) is 9.65. The molecule has 0 aliphatic heterocycles. The fourth-order valence-corrected chi connectivity index (χ4v) is 4.66. The van der Waals surface area contributed by atoms with E-state index in [1.165, 1.54) is 18.2 Å². The van der Waals surface area contributed by atoms with Crippen molar-refractivity contribution in [2.24, 2.45) is 5.10 Å². The molecule has 7 nitrogen and oxygen atoms in total. The van der Waals surface area contributed by atoms with Crippen LogP contribution >= 0.6 is 0 Å². The van der Waals surface area contributed by atoms with E-state index in [9.17, 15) is 18.3 Å². The molecule has 1 amide bonds. The Kier molecular flexibility index (Phi) is 6.95. The molecular weight excluding hydrogens is 426 g/mol. The molecule has 166 valence electrons. The standard InChI is InChI=1S/C24H25N3O4S/c1-17-13-14-18(2)22(15-17)27(32(30,31)20-9-5-4-6-10-20)16-24(29)26-25-19(3)21-11-7-8-12-23(21)28/h4-15,28H,16H2,1-3H3,(H,26,29). The number of phenols is 1. The van der Waals surface area contributed by atoms with Crippen LogP contribution in [0.4, 0.5) is 5.69 Å². The van der Waals surface area contributed by atoms with Gasteiger partial charge in [-0.25, -0.2) is 13.8 Å². The van der Waals surface area contributed by atoms with E-state index in [0.717, 1.165) is 15.4 Å². The molecule has 0 radical (unpaired) electrons. The van der Waals surface area contributed by atoms with Gasteiger partial charge in [0.25, 0.3) is 15.9 Å². The van der Waals surface area contributed by atoms with Crippen LogP contribution < -0.4 is 9.73 Å². The first-order valence-corrected chi connectivity index (χ1v) is 11.4. The molecule has 32 heavy (non-hydrogen) atoms. The predicted molar refractivity (Wildman–Crippen MR) is 125 cm³/mol. The highest BCUT2D eigenvalue weighted by Crippen LogP contribution is 2.27. The summed E-state index contributed by atoms with van der Waals surface area (Å²) in [6, 6.07) is 20.0. The van der Waals surface area contributed by atoms with Crippen LogP contribution in [0.25, 0.3) is 0 Å². The van der Waals surface area contributed by atoms with Crippen LogP contribution in [0.2, 0.25) is 0 Å². The van der Waals surface area contributed by atoms with Crippen molar-refractivity contribution in [3.63, 3.8) is 0 Å². The third kappa shape index (κ3) is 5.15. The van der Waals surface area contributed by atoms with Crippen LogP contribution in [0.5, 0.6) is 5.75 Å².